The minimum Gasteiger partial charge on any atom is -0.477 e. The quantitative estimate of drug-likeness (QED) is 0.295. The second-order valence-electron chi connectivity index (χ2n) is 9.98. The van der Waals surface area contributed by atoms with Crippen molar-refractivity contribution in [2.24, 2.45) is 18.9 Å². The summed E-state index contributed by atoms with van der Waals surface area (Å²) >= 11 is 3.11. The number of carbonyl (C=O) groups is 3. The molecule has 2 amide bonds. The van der Waals surface area contributed by atoms with E-state index in [1.807, 2.05) is 31.1 Å². The Labute approximate surface area is 222 Å². The lowest BCUT2D eigenvalue weighted by Crippen LogP contribution is -2.63. The standard InChI is InChI=1S/C25H30N4O6S2/c1-5-6-35-25(34)28-10-17(8-15(28)7-16-9-27-12-26(4)11-18(27)36-16)37-22-13(2)20-19(14(3)30)23(31)29(20)21(22)24(32)33/h5,9,11-15,17,19-20,30H,1,6-8,10H2,2-4H3/p+1/t13-,14-,15-,17+,19-,20-/m1/s1. The van der Waals surface area contributed by atoms with Crippen LogP contribution in [0.3, 0.4) is 0 Å². The minimum absolute atomic E-state index is 0.00918. The van der Waals surface area contributed by atoms with Crippen LogP contribution in [-0.2, 0) is 27.8 Å². The number of amides is 2. The highest BCUT2D eigenvalue weighted by atomic mass is 32.2. The van der Waals surface area contributed by atoms with Crippen LogP contribution in [0.2, 0.25) is 0 Å². The first-order valence-corrected chi connectivity index (χ1v) is 14.0. The van der Waals surface area contributed by atoms with Crippen LogP contribution in [0.1, 0.15) is 25.1 Å². The molecule has 5 heterocycles. The lowest BCUT2D eigenvalue weighted by molar-refractivity contribution is -0.669. The summed E-state index contributed by atoms with van der Waals surface area (Å²) in [7, 11) is 1.97. The summed E-state index contributed by atoms with van der Waals surface area (Å²) in [5.41, 5.74) is 0.00918. The number of aliphatic hydroxyl groups is 1. The lowest BCUT2D eigenvalue weighted by atomic mass is 9.79. The molecule has 2 N–H and O–H groups in total. The molecule has 0 unspecified atom stereocenters. The van der Waals surface area contributed by atoms with Crippen molar-refractivity contribution in [1.29, 1.82) is 0 Å². The van der Waals surface area contributed by atoms with Crippen molar-refractivity contribution in [1.82, 2.24) is 14.2 Å². The van der Waals surface area contributed by atoms with Gasteiger partial charge in [0.05, 0.1) is 30.0 Å². The van der Waals surface area contributed by atoms with Crippen LogP contribution >= 0.6 is 23.1 Å². The second kappa shape index (κ2) is 9.80. The van der Waals surface area contributed by atoms with Gasteiger partial charge in [-0.1, -0.05) is 30.9 Å². The first-order chi connectivity index (χ1) is 17.6. The van der Waals surface area contributed by atoms with Crippen LogP contribution in [0.5, 0.6) is 0 Å². The van der Waals surface area contributed by atoms with E-state index in [2.05, 4.69) is 17.2 Å². The van der Waals surface area contributed by atoms with Gasteiger partial charge in [0.1, 0.15) is 24.7 Å². The van der Waals surface area contributed by atoms with E-state index in [4.69, 9.17) is 4.74 Å². The molecule has 2 aromatic rings. The van der Waals surface area contributed by atoms with Crippen LogP contribution in [0.4, 0.5) is 4.79 Å². The number of thiazole rings is 1. The smallest absolute Gasteiger partial charge is 0.410 e. The van der Waals surface area contributed by atoms with Crippen molar-refractivity contribution in [2.75, 3.05) is 13.2 Å². The molecule has 10 nitrogen and oxygen atoms in total. The topological polar surface area (TPSA) is 116 Å². The van der Waals surface area contributed by atoms with Crippen molar-refractivity contribution in [3.8, 4) is 0 Å². The molecule has 0 spiro atoms. The van der Waals surface area contributed by atoms with E-state index in [9.17, 15) is 24.6 Å². The molecule has 6 atom stereocenters. The number of carboxylic acid groups (broad SMARTS) is 1. The number of aliphatic carboxylic acids is 1. The largest absolute Gasteiger partial charge is 0.477 e. The fraction of sp³-hybridized carbons (Fsp3) is 0.520. The van der Waals surface area contributed by atoms with E-state index < -0.39 is 24.1 Å². The highest BCUT2D eigenvalue weighted by molar-refractivity contribution is 8.03. The molecule has 0 bridgehead atoms. The number of aromatic nitrogens is 2. The van der Waals surface area contributed by atoms with Crippen LogP contribution < -0.4 is 4.57 Å². The molecular weight excluding hydrogens is 516 g/mol. The Morgan fingerprint density at radius 3 is 2.84 bits per heavy atom. The normalized spacial score (nSPS) is 28.0. The number of β-lactam (4-membered cyclic amide) rings is 1. The number of imidazole rings is 1. The molecule has 5 rings (SSSR count). The number of hydrogen-bond acceptors (Lipinski definition) is 7. The molecular formula is C25H31N4O6S2+. The molecule has 3 aliphatic heterocycles. The summed E-state index contributed by atoms with van der Waals surface area (Å²) in [6.45, 7) is 7.62. The predicted molar refractivity (Wildman–Crippen MR) is 138 cm³/mol. The Morgan fingerprint density at radius 2 is 2.19 bits per heavy atom. The van der Waals surface area contributed by atoms with Gasteiger partial charge in [-0.3, -0.25) is 4.79 Å². The van der Waals surface area contributed by atoms with E-state index in [1.54, 1.807) is 23.2 Å². The average Bonchev–Trinajstić information content (AvgIpc) is 3.53. The summed E-state index contributed by atoms with van der Waals surface area (Å²) in [4.78, 5) is 43.8. The fourth-order valence-electron chi connectivity index (χ4n) is 5.79. The number of carbonyl (C=O) groups excluding carboxylic acids is 2. The molecule has 2 saturated heterocycles. The number of rotatable bonds is 8. The third-order valence-corrected chi connectivity index (χ3v) is 9.92. The minimum atomic E-state index is -1.14. The molecule has 198 valence electrons. The molecule has 0 aliphatic carbocycles. The summed E-state index contributed by atoms with van der Waals surface area (Å²) in [6, 6.07) is -0.468. The van der Waals surface area contributed by atoms with Gasteiger partial charge in [-0.25, -0.2) is 14.2 Å². The first-order valence-electron chi connectivity index (χ1n) is 12.3. The van der Waals surface area contributed by atoms with E-state index in [0.717, 1.165) is 9.71 Å². The van der Waals surface area contributed by atoms with Crippen LogP contribution in [0, 0.1) is 11.8 Å². The van der Waals surface area contributed by atoms with E-state index in [0.29, 0.717) is 24.3 Å². The third kappa shape index (κ3) is 4.44. The molecule has 0 radical (unpaired) electrons. The number of carboxylic acids is 1. The molecule has 37 heavy (non-hydrogen) atoms. The highest BCUT2D eigenvalue weighted by Gasteiger charge is 2.60. The van der Waals surface area contributed by atoms with E-state index >= 15 is 0 Å². The van der Waals surface area contributed by atoms with Crippen molar-refractivity contribution < 1.29 is 33.9 Å². The van der Waals surface area contributed by atoms with Gasteiger partial charge in [-0.2, -0.15) is 4.40 Å². The first kappa shape index (κ1) is 25.8. The summed E-state index contributed by atoms with van der Waals surface area (Å²) in [5, 5.41) is 20.0. The van der Waals surface area contributed by atoms with Crippen molar-refractivity contribution in [2.45, 2.75) is 50.1 Å². The fourth-order valence-corrected chi connectivity index (χ4v) is 8.49. The number of hydrogen-bond donors (Lipinski definition) is 2. The maximum atomic E-state index is 12.9. The van der Waals surface area contributed by atoms with Gasteiger partial charge in [-0.05, 0) is 13.3 Å². The van der Waals surface area contributed by atoms with Crippen molar-refractivity contribution >= 4 is 45.9 Å². The Kier molecular flexibility index (Phi) is 6.84. The van der Waals surface area contributed by atoms with E-state index in [-0.39, 0.29) is 41.5 Å². The van der Waals surface area contributed by atoms with Crippen LogP contribution in [0.25, 0.3) is 4.83 Å². The maximum absolute atomic E-state index is 12.9. The van der Waals surface area contributed by atoms with Crippen molar-refractivity contribution in [3.05, 3.63) is 46.9 Å². The number of nitrogens with zero attached hydrogens (tertiary/aromatic N) is 4. The number of thioether (sulfide) groups is 1. The number of ether oxygens (including phenoxy) is 1. The number of aryl methyl sites for hydroxylation is 1. The van der Waals surface area contributed by atoms with Gasteiger partial charge in [0.2, 0.25) is 17.1 Å². The zero-order valence-corrected chi connectivity index (χ0v) is 22.6. The number of likely N-dealkylation sites (tertiary alicyclic amines) is 1. The molecule has 12 heteroatoms. The zero-order chi connectivity index (χ0) is 26.6. The Morgan fingerprint density at radius 1 is 1.43 bits per heavy atom. The van der Waals surface area contributed by atoms with E-state index in [1.165, 1.54) is 22.7 Å². The Balaban J connectivity index is 1.37. The maximum Gasteiger partial charge on any atom is 0.410 e. The van der Waals surface area contributed by atoms with Crippen LogP contribution in [0.15, 0.2) is 42.0 Å². The van der Waals surface area contributed by atoms with Gasteiger partial charge >= 0.3 is 12.1 Å². The Bertz CT molecular complexity index is 1270. The molecule has 0 aromatic carbocycles. The molecule has 2 aromatic heterocycles. The van der Waals surface area contributed by atoms with Crippen LogP contribution in [-0.4, -0.2) is 79.0 Å². The zero-order valence-electron chi connectivity index (χ0n) is 20.9. The summed E-state index contributed by atoms with van der Waals surface area (Å²) < 4.78 is 9.42. The third-order valence-electron chi connectivity index (χ3n) is 7.37. The van der Waals surface area contributed by atoms with Gasteiger partial charge < -0.3 is 24.7 Å². The number of fused-ring (bicyclic) bond motifs is 2. The monoisotopic (exact) mass is 547 g/mol. The van der Waals surface area contributed by atoms with Gasteiger partial charge in [0, 0.05) is 35.1 Å². The molecule has 0 saturated carbocycles. The second-order valence-corrected chi connectivity index (χ2v) is 12.5. The predicted octanol–water partition coefficient (Wildman–Crippen LogP) is 2.02. The van der Waals surface area contributed by atoms with Gasteiger partial charge in [0.25, 0.3) is 0 Å². The SMILES string of the molecule is C=CCOC(=O)N1C[C@@H](SC2=C(C(=O)O)N3C(=O)[C@H]([C@@H](C)O)[C@H]3[C@H]2C)C[C@H]1Cc1cn2c[n+](C)cc2s1. The highest BCUT2D eigenvalue weighted by Crippen LogP contribution is 2.52. The summed E-state index contributed by atoms with van der Waals surface area (Å²) in [6.07, 6.45) is 7.70. The molecule has 2 fully saturated rings. The van der Waals surface area contributed by atoms with Gasteiger partial charge in [-0.15, -0.1) is 11.8 Å². The molecule has 3 aliphatic rings. The van der Waals surface area contributed by atoms with Crippen molar-refractivity contribution in [3.63, 3.8) is 0 Å². The summed E-state index contributed by atoms with van der Waals surface area (Å²) in [5.74, 6) is -2.31. The lowest BCUT2D eigenvalue weighted by Gasteiger charge is -2.46. The average molecular weight is 548 g/mol. The number of aliphatic hydroxyl groups excluding tert-OH is 1. The Hall–Kier alpha value is -2.83. The van der Waals surface area contributed by atoms with Gasteiger partial charge in [0.15, 0.2) is 0 Å².